The lowest BCUT2D eigenvalue weighted by Gasteiger charge is -2.34. The SMILES string of the molecule is Cc1ccc(C(=O)N2CCN(S(=O)(=O)c3cccc(Cl)c3)CC2)cn1. The predicted molar refractivity (Wildman–Crippen MR) is 95.1 cm³/mol. The second kappa shape index (κ2) is 7.11. The first kappa shape index (κ1) is 17.8. The van der Waals surface area contributed by atoms with E-state index < -0.39 is 10.0 Å². The van der Waals surface area contributed by atoms with Crippen LogP contribution in [0.5, 0.6) is 0 Å². The van der Waals surface area contributed by atoms with E-state index in [1.165, 1.54) is 16.4 Å². The number of aryl methyl sites for hydroxylation is 1. The smallest absolute Gasteiger partial charge is 0.255 e. The van der Waals surface area contributed by atoms with Crippen molar-refractivity contribution in [3.05, 3.63) is 58.9 Å². The number of benzene rings is 1. The van der Waals surface area contributed by atoms with Gasteiger partial charge in [-0.2, -0.15) is 4.31 Å². The van der Waals surface area contributed by atoms with Crippen molar-refractivity contribution in [2.75, 3.05) is 26.2 Å². The molecule has 0 aliphatic carbocycles. The van der Waals surface area contributed by atoms with Crippen LogP contribution in [-0.4, -0.2) is 54.7 Å². The normalized spacial score (nSPS) is 16.0. The number of pyridine rings is 1. The minimum Gasteiger partial charge on any atom is -0.336 e. The lowest BCUT2D eigenvalue weighted by molar-refractivity contribution is 0.0697. The van der Waals surface area contributed by atoms with Crippen molar-refractivity contribution in [1.29, 1.82) is 0 Å². The summed E-state index contributed by atoms with van der Waals surface area (Å²) >= 11 is 5.89. The van der Waals surface area contributed by atoms with E-state index in [0.717, 1.165) is 5.69 Å². The van der Waals surface area contributed by atoms with E-state index in [1.54, 1.807) is 35.4 Å². The molecule has 2 heterocycles. The first-order valence-electron chi connectivity index (χ1n) is 7.85. The molecule has 0 spiro atoms. The Morgan fingerprint density at radius 1 is 1.12 bits per heavy atom. The van der Waals surface area contributed by atoms with Crippen LogP contribution in [0, 0.1) is 6.92 Å². The lowest BCUT2D eigenvalue weighted by Crippen LogP contribution is -2.50. The van der Waals surface area contributed by atoms with Crippen molar-refractivity contribution >= 4 is 27.5 Å². The molecule has 0 saturated carbocycles. The fourth-order valence-electron chi connectivity index (χ4n) is 2.68. The molecule has 1 aliphatic rings. The molecule has 132 valence electrons. The van der Waals surface area contributed by atoms with Gasteiger partial charge in [-0.1, -0.05) is 17.7 Å². The Morgan fingerprint density at radius 2 is 1.84 bits per heavy atom. The third kappa shape index (κ3) is 3.84. The molecule has 1 fully saturated rings. The summed E-state index contributed by atoms with van der Waals surface area (Å²) in [4.78, 5) is 18.4. The van der Waals surface area contributed by atoms with Crippen LogP contribution < -0.4 is 0 Å². The number of carbonyl (C=O) groups is 1. The molecule has 0 unspecified atom stereocenters. The Labute approximate surface area is 152 Å². The number of amides is 1. The average molecular weight is 380 g/mol. The van der Waals surface area contributed by atoms with Crippen LogP contribution in [0.3, 0.4) is 0 Å². The topological polar surface area (TPSA) is 70.6 Å². The standard InChI is InChI=1S/C17H18ClN3O3S/c1-13-5-6-14(12-19-13)17(22)20-7-9-21(10-8-20)25(23,24)16-4-2-3-15(18)11-16/h2-6,11-12H,7-10H2,1H3. The summed E-state index contributed by atoms with van der Waals surface area (Å²) < 4.78 is 26.7. The molecular weight excluding hydrogens is 362 g/mol. The zero-order valence-corrected chi connectivity index (χ0v) is 15.3. The molecule has 1 aromatic heterocycles. The summed E-state index contributed by atoms with van der Waals surface area (Å²) in [6.45, 7) is 3.03. The van der Waals surface area contributed by atoms with Gasteiger partial charge in [0.05, 0.1) is 10.5 Å². The fourth-order valence-corrected chi connectivity index (χ4v) is 4.41. The van der Waals surface area contributed by atoms with Crippen LogP contribution in [0.4, 0.5) is 0 Å². The average Bonchev–Trinajstić information content (AvgIpc) is 2.62. The van der Waals surface area contributed by atoms with Crippen molar-refractivity contribution in [3.63, 3.8) is 0 Å². The molecule has 0 radical (unpaired) electrons. The van der Waals surface area contributed by atoms with Gasteiger partial charge in [0, 0.05) is 43.1 Å². The minimum atomic E-state index is -3.61. The molecule has 0 N–H and O–H groups in total. The number of piperazine rings is 1. The quantitative estimate of drug-likeness (QED) is 0.819. The summed E-state index contributed by atoms with van der Waals surface area (Å²) in [5.74, 6) is -0.132. The van der Waals surface area contributed by atoms with Crippen LogP contribution in [0.25, 0.3) is 0 Å². The van der Waals surface area contributed by atoms with Crippen molar-refractivity contribution in [2.24, 2.45) is 0 Å². The highest BCUT2D eigenvalue weighted by Gasteiger charge is 2.30. The van der Waals surface area contributed by atoms with E-state index in [-0.39, 0.29) is 23.9 Å². The number of sulfonamides is 1. The first-order valence-corrected chi connectivity index (χ1v) is 9.67. The summed E-state index contributed by atoms with van der Waals surface area (Å²) in [5, 5.41) is 0.377. The van der Waals surface area contributed by atoms with Crippen LogP contribution in [0.15, 0.2) is 47.5 Å². The van der Waals surface area contributed by atoms with E-state index in [4.69, 9.17) is 11.6 Å². The summed E-state index contributed by atoms with van der Waals surface area (Å²) in [6, 6.07) is 9.72. The van der Waals surface area contributed by atoms with Gasteiger partial charge in [-0.3, -0.25) is 9.78 Å². The van der Waals surface area contributed by atoms with Crippen LogP contribution in [0.1, 0.15) is 16.1 Å². The molecule has 1 aromatic carbocycles. The van der Waals surface area contributed by atoms with Gasteiger partial charge in [0.15, 0.2) is 0 Å². The summed E-state index contributed by atoms with van der Waals surface area (Å²) in [5.41, 5.74) is 1.35. The van der Waals surface area contributed by atoms with Crippen molar-refractivity contribution in [3.8, 4) is 0 Å². The number of rotatable bonds is 3. The van der Waals surface area contributed by atoms with Gasteiger partial charge in [-0.15, -0.1) is 0 Å². The van der Waals surface area contributed by atoms with Crippen molar-refractivity contribution in [2.45, 2.75) is 11.8 Å². The molecule has 6 nitrogen and oxygen atoms in total. The summed E-state index contributed by atoms with van der Waals surface area (Å²) in [6.07, 6.45) is 1.55. The maximum Gasteiger partial charge on any atom is 0.255 e. The zero-order chi connectivity index (χ0) is 18.0. The lowest BCUT2D eigenvalue weighted by atomic mass is 10.2. The second-order valence-electron chi connectivity index (χ2n) is 5.84. The number of hydrogen-bond acceptors (Lipinski definition) is 4. The van der Waals surface area contributed by atoms with Gasteiger partial charge in [0.25, 0.3) is 5.91 Å². The molecule has 1 amide bonds. The Kier molecular flexibility index (Phi) is 5.08. The Morgan fingerprint density at radius 3 is 2.44 bits per heavy atom. The number of hydrogen-bond donors (Lipinski definition) is 0. The first-order chi connectivity index (χ1) is 11.9. The van der Waals surface area contributed by atoms with Crippen molar-refractivity contribution in [1.82, 2.24) is 14.2 Å². The number of aromatic nitrogens is 1. The third-order valence-corrected chi connectivity index (χ3v) is 6.25. The van der Waals surface area contributed by atoms with Gasteiger partial charge in [-0.25, -0.2) is 8.42 Å². The molecular formula is C17H18ClN3O3S. The number of nitrogens with zero attached hydrogens (tertiary/aromatic N) is 3. The number of halogens is 1. The highest BCUT2D eigenvalue weighted by atomic mass is 35.5. The van der Waals surface area contributed by atoms with Crippen molar-refractivity contribution < 1.29 is 13.2 Å². The Bertz CT molecular complexity index is 876. The van der Waals surface area contributed by atoms with Gasteiger partial charge in [0.2, 0.25) is 10.0 Å². The van der Waals surface area contributed by atoms with E-state index in [0.29, 0.717) is 23.7 Å². The Hall–Kier alpha value is -1.96. The molecule has 8 heteroatoms. The third-order valence-electron chi connectivity index (χ3n) is 4.12. The monoisotopic (exact) mass is 379 g/mol. The van der Waals surface area contributed by atoms with E-state index in [2.05, 4.69) is 4.98 Å². The van der Waals surface area contributed by atoms with Crippen LogP contribution >= 0.6 is 11.6 Å². The molecule has 1 aliphatic heterocycles. The van der Waals surface area contributed by atoms with Gasteiger partial charge in [0.1, 0.15) is 0 Å². The zero-order valence-electron chi connectivity index (χ0n) is 13.7. The molecule has 1 saturated heterocycles. The van der Waals surface area contributed by atoms with E-state index in [9.17, 15) is 13.2 Å². The molecule has 3 rings (SSSR count). The van der Waals surface area contributed by atoms with E-state index >= 15 is 0 Å². The number of carbonyl (C=O) groups excluding carboxylic acids is 1. The molecule has 0 atom stereocenters. The summed E-state index contributed by atoms with van der Waals surface area (Å²) in [7, 11) is -3.61. The van der Waals surface area contributed by atoms with Crippen LogP contribution in [-0.2, 0) is 10.0 Å². The largest absolute Gasteiger partial charge is 0.336 e. The molecule has 25 heavy (non-hydrogen) atoms. The minimum absolute atomic E-state index is 0.132. The molecule has 0 bridgehead atoms. The fraction of sp³-hybridized carbons (Fsp3) is 0.294. The van der Waals surface area contributed by atoms with Crippen LogP contribution in [0.2, 0.25) is 5.02 Å². The van der Waals surface area contributed by atoms with Gasteiger partial charge >= 0.3 is 0 Å². The van der Waals surface area contributed by atoms with E-state index in [1.807, 2.05) is 6.92 Å². The molecule has 2 aromatic rings. The Balaban J connectivity index is 1.69. The maximum atomic E-state index is 12.7. The predicted octanol–water partition coefficient (Wildman–Crippen LogP) is 2.19. The highest BCUT2D eigenvalue weighted by Crippen LogP contribution is 2.21. The van der Waals surface area contributed by atoms with Gasteiger partial charge in [-0.05, 0) is 37.3 Å². The maximum absolute atomic E-state index is 12.7. The van der Waals surface area contributed by atoms with Gasteiger partial charge < -0.3 is 4.90 Å². The second-order valence-corrected chi connectivity index (χ2v) is 8.22. The highest BCUT2D eigenvalue weighted by molar-refractivity contribution is 7.89.